The van der Waals surface area contributed by atoms with Gasteiger partial charge in [-0.25, -0.2) is 4.98 Å². The number of rotatable bonds is 2. The van der Waals surface area contributed by atoms with E-state index < -0.39 is 0 Å². The minimum atomic E-state index is 1.00. The first-order valence-corrected chi connectivity index (χ1v) is 5.90. The van der Waals surface area contributed by atoms with Gasteiger partial charge in [-0.1, -0.05) is 41.7 Å². The fraction of sp³-hybridized carbons (Fsp3) is 0. The number of aromatic nitrogens is 2. The zero-order valence-electron chi connectivity index (χ0n) is 8.58. The second-order valence-corrected chi connectivity index (χ2v) is 4.47. The number of hydrogen-bond donors (Lipinski definition) is 0. The minimum Gasteiger partial charge on any atom is -0.300 e. The molecule has 0 saturated heterocycles. The van der Waals surface area contributed by atoms with Gasteiger partial charge in [0.2, 0.25) is 0 Å². The Morgan fingerprint density at radius 3 is 2.44 bits per heavy atom. The Hall–Kier alpha value is -1.87. The van der Waals surface area contributed by atoms with Gasteiger partial charge in [-0.15, -0.1) is 0 Å². The molecule has 3 aromatic rings. The number of nitrogens with zero attached hydrogens (tertiary/aromatic N) is 2. The minimum absolute atomic E-state index is 1.00. The quantitative estimate of drug-likeness (QED) is 0.652. The second-order valence-electron chi connectivity index (χ2n) is 3.46. The van der Waals surface area contributed by atoms with E-state index >= 15 is 0 Å². The number of benzene rings is 1. The van der Waals surface area contributed by atoms with E-state index in [9.17, 15) is 0 Å². The summed E-state index contributed by atoms with van der Waals surface area (Å²) in [6.07, 6.45) is 5.94. The Labute approximate surface area is 97.8 Å². The van der Waals surface area contributed by atoms with Crippen LogP contribution in [0.3, 0.4) is 0 Å². The fourth-order valence-corrected chi connectivity index (χ4v) is 2.47. The van der Waals surface area contributed by atoms with Crippen LogP contribution < -0.4 is 0 Å². The van der Waals surface area contributed by atoms with Crippen molar-refractivity contribution in [2.45, 2.75) is 0 Å². The predicted molar refractivity (Wildman–Crippen MR) is 66.9 cm³/mol. The summed E-state index contributed by atoms with van der Waals surface area (Å²) >= 11 is 1.70. The van der Waals surface area contributed by atoms with Crippen molar-refractivity contribution in [2.24, 2.45) is 0 Å². The third-order valence-corrected chi connectivity index (χ3v) is 3.44. The first-order chi connectivity index (χ1) is 7.93. The molecule has 0 bridgehead atoms. The topological polar surface area (TPSA) is 17.8 Å². The molecule has 2 heterocycles. The van der Waals surface area contributed by atoms with Gasteiger partial charge >= 0.3 is 0 Å². The molecule has 16 heavy (non-hydrogen) atoms. The van der Waals surface area contributed by atoms with Crippen LogP contribution >= 0.6 is 11.3 Å². The number of hydrogen-bond acceptors (Lipinski definition) is 2. The average molecular weight is 226 g/mol. The Morgan fingerprint density at radius 1 is 0.938 bits per heavy atom. The summed E-state index contributed by atoms with van der Waals surface area (Å²) in [5.74, 6) is 0. The molecule has 1 aromatic carbocycles. The molecule has 0 aliphatic rings. The molecule has 78 valence electrons. The van der Waals surface area contributed by atoms with Crippen LogP contribution in [0.4, 0.5) is 0 Å². The van der Waals surface area contributed by atoms with Crippen LogP contribution in [-0.2, 0) is 0 Å². The molecule has 0 radical (unpaired) electrons. The van der Waals surface area contributed by atoms with Crippen molar-refractivity contribution in [3.05, 3.63) is 61.1 Å². The van der Waals surface area contributed by atoms with Gasteiger partial charge in [0.25, 0.3) is 0 Å². The van der Waals surface area contributed by atoms with Crippen LogP contribution in [0.25, 0.3) is 15.6 Å². The van der Waals surface area contributed by atoms with Crippen LogP contribution in [0.15, 0.2) is 61.1 Å². The number of thiazole rings is 1. The smallest absolute Gasteiger partial charge is 0.194 e. The molecule has 0 aliphatic carbocycles. The van der Waals surface area contributed by atoms with E-state index in [1.54, 1.807) is 11.3 Å². The third kappa shape index (κ3) is 1.66. The lowest BCUT2D eigenvalue weighted by Crippen LogP contribution is -1.85. The molecule has 0 N–H and O–H groups in total. The summed E-state index contributed by atoms with van der Waals surface area (Å²) in [6, 6.07) is 14.3. The predicted octanol–water partition coefficient (Wildman–Crippen LogP) is 3.60. The molecule has 0 saturated carbocycles. The van der Waals surface area contributed by atoms with Crippen LogP contribution in [0.2, 0.25) is 0 Å². The molecule has 2 aromatic heterocycles. The molecule has 0 amide bonds. The zero-order chi connectivity index (χ0) is 10.8. The highest BCUT2D eigenvalue weighted by Crippen LogP contribution is 2.27. The summed E-state index contributed by atoms with van der Waals surface area (Å²) in [5.41, 5.74) is 1.22. The molecule has 3 heteroatoms. The molecule has 0 fully saturated rings. The lowest BCUT2D eigenvalue weighted by molar-refractivity contribution is 1.05. The normalized spacial score (nSPS) is 10.5. The van der Waals surface area contributed by atoms with Crippen molar-refractivity contribution in [3.63, 3.8) is 0 Å². The third-order valence-electron chi connectivity index (χ3n) is 2.38. The zero-order valence-corrected chi connectivity index (χ0v) is 9.39. The Kier molecular flexibility index (Phi) is 2.31. The summed E-state index contributed by atoms with van der Waals surface area (Å²) in [5, 5.41) is 1.00. The second kappa shape index (κ2) is 3.94. The standard InChI is InChI=1S/C13H10N2S/c1-2-6-11(7-3-1)12-10-14-13(16-12)15-8-4-5-9-15/h1-10H. The van der Waals surface area contributed by atoms with E-state index in [0.29, 0.717) is 0 Å². The molecule has 0 spiro atoms. The van der Waals surface area contributed by atoms with Gasteiger partial charge < -0.3 is 4.57 Å². The fourth-order valence-electron chi connectivity index (χ4n) is 1.58. The van der Waals surface area contributed by atoms with E-state index in [1.165, 1.54) is 10.4 Å². The highest BCUT2D eigenvalue weighted by molar-refractivity contribution is 7.17. The Balaban J connectivity index is 2.00. The summed E-state index contributed by atoms with van der Waals surface area (Å²) in [7, 11) is 0. The van der Waals surface area contributed by atoms with Gasteiger partial charge in [-0.05, 0) is 17.7 Å². The lowest BCUT2D eigenvalue weighted by atomic mass is 10.2. The van der Waals surface area contributed by atoms with Gasteiger partial charge in [0.15, 0.2) is 5.13 Å². The highest BCUT2D eigenvalue weighted by atomic mass is 32.1. The van der Waals surface area contributed by atoms with Gasteiger partial charge in [0, 0.05) is 18.6 Å². The van der Waals surface area contributed by atoms with Gasteiger partial charge in [0.1, 0.15) is 0 Å². The van der Waals surface area contributed by atoms with E-state index in [-0.39, 0.29) is 0 Å². The SMILES string of the molecule is c1ccc(-c2cnc(-n3cccc3)s2)cc1. The molecular formula is C13H10N2S. The first-order valence-electron chi connectivity index (χ1n) is 5.08. The van der Waals surface area contributed by atoms with E-state index in [2.05, 4.69) is 17.1 Å². The lowest BCUT2D eigenvalue weighted by Gasteiger charge is -1.95. The van der Waals surface area contributed by atoms with Crippen LogP contribution in [0.1, 0.15) is 0 Å². The first kappa shape index (κ1) is 9.36. The highest BCUT2D eigenvalue weighted by Gasteiger charge is 2.04. The van der Waals surface area contributed by atoms with Crippen LogP contribution in [0, 0.1) is 0 Å². The van der Waals surface area contributed by atoms with Gasteiger partial charge in [0.05, 0.1) is 4.88 Å². The van der Waals surface area contributed by atoms with Crippen LogP contribution in [0.5, 0.6) is 0 Å². The van der Waals surface area contributed by atoms with Crippen molar-refractivity contribution in [1.29, 1.82) is 0 Å². The maximum absolute atomic E-state index is 4.42. The van der Waals surface area contributed by atoms with Crippen molar-refractivity contribution >= 4 is 11.3 Å². The van der Waals surface area contributed by atoms with E-state index in [4.69, 9.17) is 0 Å². The monoisotopic (exact) mass is 226 g/mol. The summed E-state index contributed by atoms with van der Waals surface area (Å²) in [4.78, 5) is 5.61. The van der Waals surface area contributed by atoms with Gasteiger partial charge in [-0.2, -0.15) is 0 Å². The van der Waals surface area contributed by atoms with Crippen LogP contribution in [-0.4, -0.2) is 9.55 Å². The summed E-state index contributed by atoms with van der Waals surface area (Å²) < 4.78 is 2.02. The van der Waals surface area contributed by atoms with Crippen molar-refractivity contribution in [1.82, 2.24) is 9.55 Å². The molecule has 0 aliphatic heterocycles. The Bertz CT molecular complexity index is 567. The summed E-state index contributed by atoms with van der Waals surface area (Å²) in [6.45, 7) is 0. The van der Waals surface area contributed by atoms with Gasteiger partial charge in [-0.3, -0.25) is 0 Å². The van der Waals surface area contributed by atoms with Crippen molar-refractivity contribution < 1.29 is 0 Å². The average Bonchev–Trinajstić information content (AvgIpc) is 3.01. The molecule has 2 nitrogen and oxygen atoms in total. The van der Waals surface area contributed by atoms with E-state index in [1.807, 2.05) is 53.5 Å². The molecule has 0 atom stereocenters. The molecule has 0 unspecified atom stereocenters. The van der Waals surface area contributed by atoms with E-state index in [0.717, 1.165) is 5.13 Å². The largest absolute Gasteiger partial charge is 0.300 e. The Morgan fingerprint density at radius 2 is 1.69 bits per heavy atom. The maximum Gasteiger partial charge on any atom is 0.194 e. The molecular weight excluding hydrogens is 216 g/mol. The molecule has 3 rings (SSSR count). The van der Waals surface area contributed by atoms with Crippen molar-refractivity contribution in [2.75, 3.05) is 0 Å². The maximum atomic E-state index is 4.42. The van der Waals surface area contributed by atoms with Crippen molar-refractivity contribution in [3.8, 4) is 15.6 Å².